The third-order valence-corrected chi connectivity index (χ3v) is 2.35. The first-order valence-electron chi connectivity index (χ1n) is 3.68. The molecule has 0 aliphatic carbocycles. The molecule has 1 unspecified atom stereocenters. The Kier molecular flexibility index (Phi) is 3.29. The number of benzene rings is 1. The molecule has 0 saturated heterocycles. The monoisotopic (exact) mass is 241 g/mol. The quantitative estimate of drug-likeness (QED) is 0.834. The molecule has 0 aliphatic heterocycles. The molecule has 1 atom stereocenters. The number of aliphatic hydroxyl groups is 1. The number of aliphatic hydroxyl groups excluding tert-OH is 1. The van der Waals surface area contributed by atoms with Gasteiger partial charge in [0.05, 0.1) is 18.6 Å². The molecule has 0 saturated carbocycles. The van der Waals surface area contributed by atoms with Crippen LogP contribution in [0.3, 0.4) is 0 Å². The second-order valence-corrected chi connectivity index (χ2v) is 3.44. The summed E-state index contributed by atoms with van der Waals surface area (Å²) in [5.74, 6) is 0.0789. The maximum absolute atomic E-state index is 9.46. The first-order chi connectivity index (χ1) is 6.15. The summed E-state index contributed by atoms with van der Waals surface area (Å²) in [6, 6.07) is 6.43. The van der Waals surface area contributed by atoms with E-state index >= 15 is 0 Å². The predicted octanol–water partition coefficient (Wildman–Crippen LogP) is 2.10. The summed E-state index contributed by atoms with van der Waals surface area (Å²) >= 11 is 3.22. The van der Waals surface area contributed by atoms with Crippen LogP contribution in [0.5, 0.6) is 5.75 Å². The summed E-state index contributed by atoms with van der Waals surface area (Å²) in [4.78, 5) is 0. The van der Waals surface area contributed by atoms with Crippen LogP contribution >= 0.6 is 15.9 Å². The highest BCUT2D eigenvalue weighted by atomic mass is 79.9. The Morgan fingerprint density at radius 3 is 2.85 bits per heavy atom. The Bertz CT molecular complexity index is 346. The van der Waals surface area contributed by atoms with Crippen LogP contribution in [0.15, 0.2) is 22.7 Å². The minimum atomic E-state index is -0.855. The van der Waals surface area contributed by atoms with E-state index in [-0.39, 0.29) is 12.2 Å². The zero-order valence-corrected chi connectivity index (χ0v) is 8.32. The van der Waals surface area contributed by atoms with Gasteiger partial charge in [0, 0.05) is 4.47 Å². The van der Waals surface area contributed by atoms with Gasteiger partial charge in [0.25, 0.3) is 0 Å². The summed E-state index contributed by atoms with van der Waals surface area (Å²) in [5, 5.41) is 27.0. The molecule has 68 valence electrons. The van der Waals surface area contributed by atoms with Gasteiger partial charge in [-0.05, 0) is 23.8 Å². The van der Waals surface area contributed by atoms with Crippen LogP contribution in [0.25, 0.3) is 0 Å². The van der Waals surface area contributed by atoms with Crippen molar-refractivity contribution in [1.29, 1.82) is 5.26 Å². The van der Waals surface area contributed by atoms with Gasteiger partial charge in [0.2, 0.25) is 0 Å². The Morgan fingerprint density at radius 2 is 2.23 bits per heavy atom. The molecule has 4 heteroatoms. The molecule has 0 amide bonds. The van der Waals surface area contributed by atoms with Crippen molar-refractivity contribution in [3.63, 3.8) is 0 Å². The van der Waals surface area contributed by atoms with E-state index in [0.29, 0.717) is 10.0 Å². The Balaban J connectivity index is 3.00. The molecule has 0 radical (unpaired) electrons. The highest BCUT2D eigenvalue weighted by molar-refractivity contribution is 9.10. The van der Waals surface area contributed by atoms with Crippen LogP contribution in [-0.2, 0) is 0 Å². The minimum absolute atomic E-state index is 0.0159. The largest absolute Gasteiger partial charge is 0.508 e. The first kappa shape index (κ1) is 10.0. The number of nitriles is 1. The maximum Gasteiger partial charge on any atom is 0.116 e. The topological polar surface area (TPSA) is 64.2 Å². The van der Waals surface area contributed by atoms with E-state index in [1.165, 1.54) is 12.1 Å². The molecule has 13 heavy (non-hydrogen) atoms. The first-order valence-corrected chi connectivity index (χ1v) is 4.48. The molecular weight excluding hydrogens is 234 g/mol. The Labute approximate surface area is 84.4 Å². The van der Waals surface area contributed by atoms with E-state index in [0.717, 1.165) is 0 Å². The molecule has 0 bridgehead atoms. The number of hydrogen-bond donors (Lipinski definition) is 2. The molecular formula is C9H8BrNO2. The number of halogens is 1. The predicted molar refractivity (Wildman–Crippen MR) is 51.0 cm³/mol. The van der Waals surface area contributed by atoms with Gasteiger partial charge in [-0.15, -0.1) is 0 Å². The molecule has 3 nitrogen and oxygen atoms in total. The Morgan fingerprint density at radius 1 is 1.54 bits per heavy atom. The SMILES string of the molecule is N#CCC(O)c1cc(O)ccc1Br. The lowest BCUT2D eigenvalue weighted by Gasteiger charge is -2.09. The standard InChI is InChI=1S/C9H8BrNO2/c10-8-2-1-6(12)5-7(8)9(13)3-4-11/h1-2,5,9,12-13H,3H2. The zero-order chi connectivity index (χ0) is 9.84. The van der Waals surface area contributed by atoms with Gasteiger partial charge in [0.15, 0.2) is 0 Å². The molecule has 0 heterocycles. The van der Waals surface area contributed by atoms with Crippen LogP contribution < -0.4 is 0 Å². The highest BCUT2D eigenvalue weighted by Gasteiger charge is 2.11. The van der Waals surface area contributed by atoms with Crippen molar-refractivity contribution in [1.82, 2.24) is 0 Å². The van der Waals surface area contributed by atoms with Crippen molar-refractivity contribution >= 4 is 15.9 Å². The number of hydrogen-bond acceptors (Lipinski definition) is 3. The van der Waals surface area contributed by atoms with Gasteiger partial charge in [-0.25, -0.2) is 0 Å². The van der Waals surface area contributed by atoms with E-state index in [4.69, 9.17) is 10.4 Å². The average Bonchev–Trinajstić information content (AvgIpc) is 2.09. The lowest BCUT2D eigenvalue weighted by atomic mass is 10.1. The normalized spacial score (nSPS) is 12.1. The van der Waals surface area contributed by atoms with Gasteiger partial charge in [0.1, 0.15) is 5.75 Å². The summed E-state index contributed by atoms with van der Waals surface area (Å²) in [7, 11) is 0. The van der Waals surface area contributed by atoms with Crippen molar-refractivity contribution in [2.24, 2.45) is 0 Å². The van der Waals surface area contributed by atoms with Crippen LogP contribution in [-0.4, -0.2) is 10.2 Å². The van der Waals surface area contributed by atoms with Gasteiger partial charge in [-0.3, -0.25) is 0 Å². The van der Waals surface area contributed by atoms with Crippen LogP contribution in [0.2, 0.25) is 0 Å². The van der Waals surface area contributed by atoms with E-state index < -0.39 is 6.10 Å². The number of aromatic hydroxyl groups is 1. The Hall–Kier alpha value is -1.05. The zero-order valence-electron chi connectivity index (χ0n) is 6.74. The summed E-state index contributed by atoms with van der Waals surface area (Å²) in [6.45, 7) is 0. The van der Waals surface area contributed by atoms with Crippen molar-refractivity contribution in [3.8, 4) is 11.8 Å². The fraction of sp³-hybridized carbons (Fsp3) is 0.222. The van der Waals surface area contributed by atoms with Crippen molar-refractivity contribution in [3.05, 3.63) is 28.2 Å². The van der Waals surface area contributed by atoms with Gasteiger partial charge in [-0.1, -0.05) is 15.9 Å². The van der Waals surface area contributed by atoms with Crippen molar-refractivity contribution in [2.75, 3.05) is 0 Å². The molecule has 1 aromatic carbocycles. The maximum atomic E-state index is 9.46. The number of nitrogens with zero attached hydrogens (tertiary/aromatic N) is 1. The molecule has 2 N–H and O–H groups in total. The molecule has 0 aromatic heterocycles. The number of rotatable bonds is 2. The van der Waals surface area contributed by atoms with Crippen LogP contribution in [0.4, 0.5) is 0 Å². The minimum Gasteiger partial charge on any atom is -0.508 e. The second kappa shape index (κ2) is 4.26. The fourth-order valence-corrected chi connectivity index (χ4v) is 1.49. The van der Waals surface area contributed by atoms with E-state index in [9.17, 15) is 5.11 Å². The molecule has 1 rings (SSSR count). The fourth-order valence-electron chi connectivity index (χ4n) is 0.983. The highest BCUT2D eigenvalue weighted by Crippen LogP contribution is 2.28. The average molecular weight is 242 g/mol. The lowest BCUT2D eigenvalue weighted by molar-refractivity contribution is 0.182. The smallest absolute Gasteiger partial charge is 0.116 e. The molecule has 0 spiro atoms. The van der Waals surface area contributed by atoms with Crippen molar-refractivity contribution in [2.45, 2.75) is 12.5 Å². The van der Waals surface area contributed by atoms with E-state index in [2.05, 4.69) is 15.9 Å². The summed E-state index contributed by atoms with van der Waals surface area (Å²) in [5.41, 5.74) is 0.529. The van der Waals surface area contributed by atoms with E-state index in [1.807, 2.05) is 6.07 Å². The second-order valence-electron chi connectivity index (χ2n) is 2.58. The number of phenols is 1. The summed E-state index contributed by atoms with van der Waals surface area (Å²) in [6.07, 6.45) is -0.839. The summed E-state index contributed by atoms with van der Waals surface area (Å²) < 4.78 is 0.688. The van der Waals surface area contributed by atoms with Gasteiger partial charge in [-0.2, -0.15) is 5.26 Å². The number of phenolic OH excluding ortho intramolecular Hbond substituents is 1. The molecule has 0 fully saturated rings. The third kappa shape index (κ3) is 2.44. The molecule has 0 aliphatic rings. The van der Waals surface area contributed by atoms with Crippen LogP contribution in [0, 0.1) is 11.3 Å². The lowest BCUT2D eigenvalue weighted by Crippen LogP contribution is -1.96. The third-order valence-electron chi connectivity index (χ3n) is 1.62. The van der Waals surface area contributed by atoms with Crippen molar-refractivity contribution < 1.29 is 10.2 Å². The van der Waals surface area contributed by atoms with Gasteiger partial charge < -0.3 is 10.2 Å². The van der Waals surface area contributed by atoms with Crippen LogP contribution in [0.1, 0.15) is 18.1 Å². The van der Waals surface area contributed by atoms with Gasteiger partial charge >= 0.3 is 0 Å². The molecule has 1 aromatic rings. The van der Waals surface area contributed by atoms with E-state index in [1.54, 1.807) is 6.07 Å².